The number of likely N-dealkylation sites (N-methyl/N-ethyl adjacent to an activating group) is 1. The van der Waals surface area contributed by atoms with Crippen LogP contribution < -0.4 is 0 Å². The summed E-state index contributed by atoms with van der Waals surface area (Å²) in [5, 5.41) is 24.9. The molecule has 0 unspecified atom stereocenters. The Morgan fingerprint density at radius 1 is 1.12 bits per heavy atom. The topological polar surface area (TPSA) is 98.1 Å². The minimum absolute atomic E-state index is 0.0694. The zero-order valence-corrected chi connectivity index (χ0v) is 10.0. The normalized spacial score (nSPS) is 23.5. The molecule has 0 aromatic carbocycles. The van der Waals surface area contributed by atoms with Gasteiger partial charge in [0.15, 0.2) is 0 Å². The van der Waals surface area contributed by atoms with Crippen molar-refractivity contribution in [3.63, 3.8) is 0 Å². The van der Waals surface area contributed by atoms with Crippen LogP contribution in [0, 0.1) is 0 Å². The smallest absolute Gasteiger partial charge is 0.328 e. The fourth-order valence-electron chi connectivity index (χ4n) is 1.67. The van der Waals surface area contributed by atoms with Crippen LogP contribution in [0.3, 0.4) is 0 Å². The van der Waals surface area contributed by atoms with Crippen LogP contribution in [0.5, 0.6) is 0 Å². The van der Waals surface area contributed by atoms with Gasteiger partial charge in [-0.15, -0.1) is 0 Å². The van der Waals surface area contributed by atoms with E-state index in [0.717, 1.165) is 12.8 Å². The summed E-state index contributed by atoms with van der Waals surface area (Å²) in [4.78, 5) is 21.2. The molecule has 6 nitrogen and oxygen atoms in total. The van der Waals surface area contributed by atoms with Crippen LogP contribution in [0.15, 0.2) is 12.2 Å². The SMILES string of the molecule is CN(C)[C@@H]1CCC[C@H]1O.O=C(O)/C=C/C(=O)O. The Hall–Kier alpha value is -1.40. The number of hydrogen-bond acceptors (Lipinski definition) is 4. The van der Waals surface area contributed by atoms with Gasteiger partial charge in [0.25, 0.3) is 0 Å². The molecule has 0 amide bonds. The molecule has 1 rings (SSSR count). The number of carboxylic acids is 2. The number of aliphatic hydroxyl groups is 1. The average molecular weight is 245 g/mol. The van der Waals surface area contributed by atoms with Gasteiger partial charge in [-0.05, 0) is 33.4 Å². The van der Waals surface area contributed by atoms with Crippen molar-refractivity contribution in [1.29, 1.82) is 0 Å². The third kappa shape index (κ3) is 7.48. The molecule has 3 N–H and O–H groups in total. The van der Waals surface area contributed by atoms with Gasteiger partial charge in [-0.1, -0.05) is 0 Å². The van der Waals surface area contributed by atoms with Crippen molar-refractivity contribution in [3.05, 3.63) is 12.2 Å². The number of rotatable bonds is 3. The van der Waals surface area contributed by atoms with Gasteiger partial charge in [-0.2, -0.15) is 0 Å². The van der Waals surface area contributed by atoms with Crippen molar-refractivity contribution >= 4 is 11.9 Å². The van der Waals surface area contributed by atoms with E-state index in [4.69, 9.17) is 10.2 Å². The summed E-state index contributed by atoms with van der Waals surface area (Å²) in [6, 6.07) is 0.421. The van der Waals surface area contributed by atoms with Gasteiger partial charge in [0, 0.05) is 18.2 Å². The van der Waals surface area contributed by atoms with Crippen LogP contribution in [-0.4, -0.2) is 58.4 Å². The summed E-state index contributed by atoms with van der Waals surface area (Å²) in [5.41, 5.74) is 0. The highest BCUT2D eigenvalue weighted by Crippen LogP contribution is 2.21. The molecular formula is C11H19NO5. The summed E-state index contributed by atoms with van der Waals surface area (Å²) in [6.45, 7) is 0. The number of carboxylic acid groups (broad SMARTS) is 2. The van der Waals surface area contributed by atoms with E-state index in [-0.39, 0.29) is 6.10 Å². The van der Waals surface area contributed by atoms with Crippen molar-refractivity contribution in [1.82, 2.24) is 4.90 Å². The van der Waals surface area contributed by atoms with E-state index in [2.05, 4.69) is 4.90 Å². The van der Waals surface area contributed by atoms with Crippen molar-refractivity contribution in [2.75, 3.05) is 14.1 Å². The zero-order valence-electron chi connectivity index (χ0n) is 10.0. The fraction of sp³-hybridized carbons (Fsp3) is 0.636. The molecule has 0 spiro atoms. The first-order valence-electron chi connectivity index (χ1n) is 5.33. The minimum atomic E-state index is -1.26. The molecule has 0 heterocycles. The molecule has 1 saturated carbocycles. The Labute approximate surface area is 100 Å². The van der Waals surface area contributed by atoms with Crippen LogP contribution in [-0.2, 0) is 9.59 Å². The van der Waals surface area contributed by atoms with Crippen LogP contribution in [0.25, 0.3) is 0 Å². The zero-order chi connectivity index (χ0) is 13.4. The molecule has 6 heteroatoms. The first-order chi connectivity index (χ1) is 7.84. The third-order valence-electron chi connectivity index (χ3n) is 2.48. The van der Waals surface area contributed by atoms with Crippen LogP contribution in [0.1, 0.15) is 19.3 Å². The molecule has 0 bridgehead atoms. The molecule has 1 aliphatic rings. The largest absolute Gasteiger partial charge is 0.478 e. The molecule has 0 aromatic heterocycles. The predicted molar refractivity (Wildman–Crippen MR) is 61.7 cm³/mol. The van der Waals surface area contributed by atoms with Gasteiger partial charge in [-0.3, -0.25) is 0 Å². The molecule has 1 fully saturated rings. The number of carbonyl (C=O) groups is 2. The van der Waals surface area contributed by atoms with Gasteiger partial charge in [0.1, 0.15) is 0 Å². The fourth-order valence-corrected chi connectivity index (χ4v) is 1.67. The molecule has 0 saturated heterocycles. The lowest BCUT2D eigenvalue weighted by Gasteiger charge is -2.21. The first kappa shape index (κ1) is 15.6. The quantitative estimate of drug-likeness (QED) is 0.613. The summed E-state index contributed by atoms with van der Waals surface area (Å²) < 4.78 is 0. The minimum Gasteiger partial charge on any atom is -0.478 e. The van der Waals surface area contributed by atoms with Crippen LogP contribution in [0.2, 0.25) is 0 Å². The number of hydrogen-bond donors (Lipinski definition) is 3. The molecule has 0 aromatic rings. The molecular weight excluding hydrogens is 226 g/mol. The average Bonchev–Trinajstić information content (AvgIpc) is 2.62. The predicted octanol–water partition coefficient (Wildman–Crippen LogP) is 0.173. The van der Waals surface area contributed by atoms with E-state index in [1.165, 1.54) is 6.42 Å². The lowest BCUT2D eigenvalue weighted by atomic mass is 10.2. The summed E-state index contributed by atoms with van der Waals surface area (Å²) >= 11 is 0. The lowest BCUT2D eigenvalue weighted by Crippen LogP contribution is -2.34. The van der Waals surface area contributed by atoms with E-state index in [0.29, 0.717) is 18.2 Å². The molecule has 0 radical (unpaired) electrons. The highest BCUT2D eigenvalue weighted by atomic mass is 16.4. The Morgan fingerprint density at radius 3 is 1.76 bits per heavy atom. The third-order valence-corrected chi connectivity index (χ3v) is 2.48. The second-order valence-corrected chi connectivity index (χ2v) is 4.04. The van der Waals surface area contributed by atoms with Crippen LogP contribution in [0.4, 0.5) is 0 Å². The Kier molecular flexibility index (Phi) is 7.16. The van der Waals surface area contributed by atoms with Gasteiger partial charge in [0.2, 0.25) is 0 Å². The second-order valence-electron chi connectivity index (χ2n) is 4.04. The maximum absolute atomic E-state index is 9.55. The van der Waals surface area contributed by atoms with E-state index in [1.807, 2.05) is 14.1 Å². The van der Waals surface area contributed by atoms with Crippen molar-refractivity contribution < 1.29 is 24.9 Å². The number of aliphatic carboxylic acids is 2. The van der Waals surface area contributed by atoms with Gasteiger partial charge >= 0.3 is 11.9 Å². The Balaban J connectivity index is 0.000000304. The molecule has 1 aliphatic carbocycles. The summed E-state index contributed by atoms with van der Waals surface area (Å²) in [5.74, 6) is -2.51. The summed E-state index contributed by atoms with van der Waals surface area (Å²) in [6.07, 6.45) is 4.38. The number of nitrogens with zero attached hydrogens (tertiary/aromatic N) is 1. The molecule has 2 atom stereocenters. The number of aliphatic hydroxyl groups excluding tert-OH is 1. The van der Waals surface area contributed by atoms with E-state index < -0.39 is 11.9 Å². The molecule has 98 valence electrons. The molecule has 17 heavy (non-hydrogen) atoms. The van der Waals surface area contributed by atoms with E-state index in [9.17, 15) is 14.7 Å². The van der Waals surface area contributed by atoms with Crippen molar-refractivity contribution in [2.24, 2.45) is 0 Å². The highest BCUT2D eigenvalue weighted by molar-refractivity contribution is 5.89. The Bertz CT molecular complexity index is 272. The lowest BCUT2D eigenvalue weighted by molar-refractivity contribution is -0.134. The van der Waals surface area contributed by atoms with Crippen molar-refractivity contribution in [2.45, 2.75) is 31.4 Å². The second kappa shape index (κ2) is 7.81. The molecule has 0 aliphatic heterocycles. The maximum Gasteiger partial charge on any atom is 0.328 e. The first-order valence-corrected chi connectivity index (χ1v) is 5.33. The van der Waals surface area contributed by atoms with E-state index >= 15 is 0 Å². The monoisotopic (exact) mass is 245 g/mol. The highest BCUT2D eigenvalue weighted by Gasteiger charge is 2.26. The Morgan fingerprint density at radius 2 is 1.59 bits per heavy atom. The van der Waals surface area contributed by atoms with E-state index in [1.54, 1.807) is 0 Å². The van der Waals surface area contributed by atoms with Crippen LogP contribution >= 0.6 is 0 Å². The van der Waals surface area contributed by atoms with Gasteiger partial charge in [-0.25, -0.2) is 9.59 Å². The van der Waals surface area contributed by atoms with Crippen molar-refractivity contribution in [3.8, 4) is 0 Å². The maximum atomic E-state index is 9.55. The van der Waals surface area contributed by atoms with Gasteiger partial charge < -0.3 is 20.2 Å². The summed E-state index contributed by atoms with van der Waals surface area (Å²) in [7, 11) is 4.05. The van der Waals surface area contributed by atoms with Gasteiger partial charge in [0.05, 0.1) is 6.10 Å². The standard InChI is InChI=1S/C7H15NO.C4H4O4/c1-8(2)6-4-3-5-7(6)9;5-3(6)1-2-4(7)8/h6-7,9H,3-5H2,1-2H3;1-2H,(H,5,6)(H,7,8)/b;2-1+/t6-,7-;/m1./s1.